The topological polar surface area (TPSA) is 80.3 Å². The van der Waals surface area contributed by atoms with Crippen molar-refractivity contribution in [2.75, 3.05) is 56.2 Å². The van der Waals surface area contributed by atoms with Crippen molar-refractivity contribution in [2.45, 2.75) is 20.8 Å². The fourth-order valence-corrected chi connectivity index (χ4v) is 4.41. The Hall–Kier alpha value is -4.20. The van der Waals surface area contributed by atoms with Gasteiger partial charge in [0.2, 0.25) is 5.75 Å². The maximum absolute atomic E-state index is 13.1. The second-order valence-electron chi connectivity index (χ2n) is 8.75. The molecule has 200 valence electrons. The van der Waals surface area contributed by atoms with Gasteiger partial charge >= 0.3 is 0 Å². The molecule has 1 heterocycles. The van der Waals surface area contributed by atoms with Gasteiger partial charge in [-0.2, -0.15) is 0 Å². The maximum Gasteiger partial charge on any atom is 0.255 e. The van der Waals surface area contributed by atoms with Crippen LogP contribution in [0, 0.1) is 0 Å². The van der Waals surface area contributed by atoms with Crippen LogP contribution >= 0.6 is 0 Å². The zero-order chi connectivity index (χ0) is 26.9. The normalized spacial score (nSPS) is 13.1. The first kappa shape index (κ1) is 26.9. The van der Waals surface area contributed by atoms with Crippen LogP contribution in [-0.2, 0) is 0 Å². The lowest BCUT2D eigenvalue weighted by molar-refractivity contribution is 0.0746. The van der Waals surface area contributed by atoms with E-state index in [1.54, 1.807) is 12.1 Å². The Balaban J connectivity index is 1.40. The molecule has 8 heteroatoms. The highest BCUT2D eigenvalue weighted by Crippen LogP contribution is 2.39. The zero-order valence-corrected chi connectivity index (χ0v) is 22.2. The lowest BCUT2D eigenvalue weighted by Gasteiger charge is -2.36. The number of carbonyl (C=O) groups excluding carboxylic acids is 2. The quantitative estimate of drug-likeness (QED) is 0.403. The highest BCUT2D eigenvalue weighted by atomic mass is 16.5. The number of piperazine rings is 1. The van der Waals surface area contributed by atoms with Crippen LogP contribution in [0.5, 0.6) is 17.2 Å². The summed E-state index contributed by atoms with van der Waals surface area (Å²) in [7, 11) is 0. The molecule has 1 saturated heterocycles. The summed E-state index contributed by atoms with van der Waals surface area (Å²) < 4.78 is 17.2. The summed E-state index contributed by atoms with van der Waals surface area (Å²) in [6, 6.07) is 20.5. The number of nitrogens with one attached hydrogen (secondary N) is 1. The van der Waals surface area contributed by atoms with Crippen molar-refractivity contribution < 1.29 is 23.8 Å². The molecule has 3 aromatic rings. The highest BCUT2D eigenvalue weighted by molar-refractivity contribution is 6.05. The van der Waals surface area contributed by atoms with Crippen LogP contribution in [0.2, 0.25) is 0 Å². The molecule has 1 aliphatic heterocycles. The monoisotopic (exact) mass is 517 g/mol. The Morgan fingerprint density at radius 3 is 1.87 bits per heavy atom. The van der Waals surface area contributed by atoms with Crippen molar-refractivity contribution in [1.29, 1.82) is 0 Å². The Morgan fingerprint density at radius 2 is 1.32 bits per heavy atom. The summed E-state index contributed by atoms with van der Waals surface area (Å²) in [5.74, 6) is 1.26. The number of amides is 2. The minimum atomic E-state index is -0.268. The van der Waals surface area contributed by atoms with E-state index in [-0.39, 0.29) is 11.8 Å². The fraction of sp³-hybridized carbons (Fsp3) is 0.333. The number of hydrogen-bond donors (Lipinski definition) is 1. The first-order chi connectivity index (χ1) is 18.5. The third-order valence-corrected chi connectivity index (χ3v) is 6.25. The molecular formula is C30H35N3O5. The van der Waals surface area contributed by atoms with Crippen molar-refractivity contribution in [3.8, 4) is 17.2 Å². The lowest BCUT2D eigenvalue weighted by atomic mass is 10.1. The fourth-order valence-electron chi connectivity index (χ4n) is 4.41. The third-order valence-electron chi connectivity index (χ3n) is 6.25. The molecule has 4 rings (SSSR count). The molecule has 1 N–H and O–H groups in total. The molecule has 0 bridgehead atoms. The van der Waals surface area contributed by atoms with E-state index in [2.05, 4.69) is 10.2 Å². The molecule has 0 saturated carbocycles. The van der Waals surface area contributed by atoms with E-state index in [1.807, 2.05) is 80.3 Å². The number of anilines is 2. The molecule has 1 fully saturated rings. The molecule has 1 aliphatic rings. The van der Waals surface area contributed by atoms with Crippen LogP contribution in [0.15, 0.2) is 66.7 Å². The average Bonchev–Trinajstić information content (AvgIpc) is 2.95. The Labute approximate surface area is 224 Å². The van der Waals surface area contributed by atoms with E-state index in [4.69, 9.17) is 14.2 Å². The summed E-state index contributed by atoms with van der Waals surface area (Å²) >= 11 is 0. The number of carbonyl (C=O) groups is 2. The third kappa shape index (κ3) is 6.37. The van der Waals surface area contributed by atoms with Crippen LogP contribution in [0.25, 0.3) is 0 Å². The number of hydrogen-bond acceptors (Lipinski definition) is 6. The van der Waals surface area contributed by atoms with E-state index < -0.39 is 0 Å². The largest absolute Gasteiger partial charge is 0.490 e. The second-order valence-corrected chi connectivity index (χ2v) is 8.75. The number of rotatable bonds is 10. The first-order valence-corrected chi connectivity index (χ1v) is 13.1. The van der Waals surface area contributed by atoms with Crippen molar-refractivity contribution >= 4 is 23.2 Å². The van der Waals surface area contributed by atoms with Gasteiger partial charge in [0.1, 0.15) is 0 Å². The standard InChI is InChI=1S/C30H35N3O5/c1-4-36-26-20-23(21-27(37-5-2)28(26)38-6-3)29(34)31-24-12-14-25(15-13-24)32-16-18-33(19-17-32)30(35)22-10-8-7-9-11-22/h7-15,20-21H,4-6,16-19H2,1-3H3,(H,31,34). The van der Waals surface area contributed by atoms with Crippen molar-refractivity contribution in [1.82, 2.24) is 4.90 Å². The summed E-state index contributed by atoms with van der Waals surface area (Å²) in [6.45, 7) is 9.79. The summed E-state index contributed by atoms with van der Waals surface area (Å²) in [4.78, 5) is 29.9. The lowest BCUT2D eigenvalue weighted by Crippen LogP contribution is -2.48. The Kier molecular flexibility index (Phi) is 9.08. The number of nitrogens with zero attached hydrogens (tertiary/aromatic N) is 2. The molecule has 38 heavy (non-hydrogen) atoms. The predicted octanol–water partition coefficient (Wildman–Crippen LogP) is 5.10. The molecule has 0 radical (unpaired) electrons. The van der Waals surface area contributed by atoms with Gasteiger partial charge in [-0.1, -0.05) is 18.2 Å². The van der Waals surface area contributed by atoms with Crippen LogP contribution < -0.4 is 24.4 Å². The highest BCUT2D eigenvalue weighted by Gasteiger charge is 2.22. The molecular weight excluding hydrogens is 482 g/mol. The average molecular weight is 518 g/mol. The molecule has 2 amide bonds. The van der Waals surface area contributed by atoms with Crippen LogP contribution in [-0.4, -0.2) is 62.7 Å². The SMILES string of the molecule is CCOc1cc(C(=O)Nc2ccc(N3CCN(C(=O)c4ccccc4)CC3)cc2)cc(OCC)c1OCC. The minimum Gasteiger partial charge on any atom is -0.490 e. The summed E-state index contributed by atoms with van der Waals surface area (Å²) in [5.41, 5.74) is 2.87. The molecule has 0 aromatic heterocycles. The van der Waals surface area contributed by atoms with Gasteiger partial charge in [-0.3, -0.25) is 9.59 Å². The van der Waals surface area contributed by atoms with Crippen molar-refractivity contribution in [3.05, 3.63) is 77.9 Å². The van der Waals surface area contributed by atoms with Crippen LogP contribution in [0.1, 0.15) is 41.5 Å². The Bertz CT molecular complexity index is 1200. The van der Waals surface area contributed by atoms with Crippen LogP contribution in [0.4, 0.5) is 11.4 Å². The van der Waals surface area contributed by atoms with E-state index >= 15 is 0 Å². The van der Waals surface area contributed by atoms with Gasteiger partial charge in [-0.05, 0) is 69.3 Å². The summed E-state index contributed by atoms with van der Waals surface area (Å²) in [5, 5.41) is 2.96. The molecule has 0 spiro atoms. The van der Waals surface area contributed by atoms with E-state index in [1.165, 1.54) is 0 Å². The van der Waals surface area contributed by atoms with Crippen molar-refractivity contribution in [3.63, 3.8) is 0 Å². The first-order valence-electron chi connectivity index (χ1n) is 13.1. The number of benzene rings is 3. The van der Waals surface area contributed by atoms with Gasteiger partial charge in [0.25, 0.3) is 11.8 Å². The number of ether oxygens (including phenoxy) is 3. The van der Waals surface area contributed by atoms with E-state index in [0.29, 0.717) is 61.4 Å². The smallest absolute Gasteiger partial charge is 0.255 e. The van der Waals surface area contributed by atoms with Gasteiger partial charge in [0.05, 0.1) is 19.8 Å². The maximum atomic E-state index is 13.1. The van der Waals surface area contributed by atoms with E-state index in [9.17, 15) is 9.59 Å². The minimum absolute atomic E-state index is 0.0672. The predicted molar refractivity (Wildman–Crippen MR) is 149 cm³/mol. The molecule has 8 nitrogen and oxygen atoms in total. The van der Waals surface area contributed by atoms with Gasteiger partial charge in [0.15, 0.2) is 11.5 Å². The molecule has 0 aliphatic carbocycles. The molecule has 3 aromatic carbocycles. The van der Waals surface area contributed by atoms with Crippen LogP contribution in [0.3, 0.4) is 0 Å². The van der Waals surface area contributed by atoms with Gasteiger partial charge in [0, 0.05) is 48.7 Å². The van der Waals surface area contributed by atoms with E-state index in [0.717, 1.165) is 24.3 Å². The van der Waals surface area contributed by atoms with Gasteiger partial charge < -0.3 is 29.3 Å². The Morgan fingerprint density at radius 1 is 0.737 bits per heavy atom. The van der Waals surface area contributed by atoms with Crippen molar-refractivity contribution in [2.24, 2.45) is 0 Å². The molecule has 0 unspecified atom stereocenters. The summed E-state index contributed by atoms with van der Waals surface area (Å²) in [6.07, 6.45) is 0. The van der Waals surface area contributed by atoms with Gasteiger partial charge in [-0.15, -0.1) is 0 Å². The zero-order valence-electron chi connectivity index (χ0n) is 22.2. The molecule has 0 atom stereocenters. The second kappa shape index (κ2) is 12.9. The van der Waals surface area contributed by atoms with Gasteiger partial charge in [-0.25, -0.2) is 0 Å².